The first-order chi connectivity index (χ1) is 20.8. The van der Waals surface area contributed by atoms with E-state index in [0.29, 0.717) is 57.7 Å². The molecule has 0 saturated heterocycles. The van der Waals surface area contributed by atoms with Crippen molar-refractivity contribution >= 4 is 40.0 Å². The van der Waals surface area contributed by atoms with Gasteiger partial charge in [0.05, 0.1) is 11.7 Å². The summed E-state index contributed by atoms with van der Waals surface area (Å²) in [5.41, 5.74) is 2.33. The third-order valence-electron chi connectivity index (χ3n) is 7.39. The van der Waals surface area contributed by atoms with Crippen molar-refractivity contribution in [2.24, 2.45) is 12.5 Å². The van der Waals surface area contributed by atoms with E-state index in [1.807, 2.05) is 19.3 Å². The molecule has 0 bridgehead atoms. The Bertz CT molecular complexity index is 1860. The third-order valence-corrected chi connectivity index (χ3v) is 7.39. The van der Waals surface area contributed by atoms with E-state index in [-0.39, 0.29) is 5.91 Å². The smallest absolute Gasteiger partial charge is 0.251 e. The Morgan fingerprint density at radius 1 is 0.930 bits per heavy atom. The van der Waals surface area contributed by atoms with Crippen LogP contribution >= 0.6 is 0 Å². The molecule has 43 heavy (non-hydrogen) atoms. The number of nitrogens with zero attached hydrogens (tertiary/aromatic N) is 3. The van der Waals surface area contributed by atoms with Crippen LogP contribution in [0.25, 0.3) is 22.0 Å². The second-order valence-corrected chi connectivity index (χ2v) is 10.3. The number of carbonyl (C=O) groups excluding carboxylic acids is 3. The van der Waals surface area contributed by atoms with Gasteiger partial charge in [-0.1, -0.05) is 0 Å². The number of hydrogen-bond acceptors (Lipinski definition) is 6. The Kier molecular flexibility index (Phi) is 7.06. The zero-order valence-electron chi connectivity index (χ0n) is 23.3. The number of carbonyl (C=O) groups is 3. The molecule has 3 aromatic carbocycles. The number of nitrogens with one attached hydrogen (secondary N) is 3. The molecule has 3 amide bonds. The van der Waals surface area contributed by atoms with Gasteiger partial charge < -0.3 is 20.7 Å². The molecule has 2 aromatic heterocycles. The molecule has 5 aromatic rings. The molecule has 3 N–H and O–H groups in total. The fourth-order valence-corrected chi connectivity index (χ4v) is 4.83. The SMILES string of the molecule is CNC(=O)c1cc2c(Oc3ccc(NC(=O)C4(C(=O)Nc5ccc(F)cc5)CC4)cc3)ccnc2cc1-c1cnn(C)c1. The fraction of sp³-hybridized carbons (Fsp3) is 0.156. The number of fused-ring (bicyclic) bond motifs is 1. The minimum atomic E-state index is -1.17. The lowest BCUT2D eigenvalue weighted by Gasteiger charge is -2.16. The Labute approximate surface area is 245 Å². The zero-order valence-corrected chi connectivity index (χ0v) is 23.3. The van der Waals surface area contributed by atoms with E-state index in [1.54, 1.807) is 60.5 Å². The lowest BCUT2D eigenvalue weighted by atomic mass is 9.98. The van der Waals surface area contributed by atoms with Crippen molar-refractivity contribution in [2.45, 2.75) is 12.8 Å². The van der Waals surface area contributed by atoms with Gasteiger partial charge in [-0.15, -0.1) is 0 Å². The molecule has 0 atom stereocenters. The number of aromatic nitrogens is 3. The molecule has 0 unspecified atom stereocenters. The predicted octanol–water partition coefficient (Wildman–Crippen LogP) is 5.28. The summed E-state index contributed by atoms with van der Waals surface area (Å²) in [6.45, 7) is 0. The largest absolute Gasteiger partial charge is 0.457 e. The molecule has 1 fully saturated rings. The van der Waals surface area contributed by atoms with Crippen LogP contribution in [0.1, 0.15) is 23.2 Å². The Balaban J connectivity index is 1.19. The van der Waals surface area contributed by atoms with E-state index in [9.17, 15) is 18.8 Å². The van der Waals surface area contributed by atoms with E-state index in [0.717, 1.165) is 5.56 Å². The number of benzene rings is 3. The summed E-state index contributed by atoms with van der Waals surface area (Å²) in [5, 5.41) is 13.1. The van der Waals surface area contributed by atoms with Crippen LogP contribution in [0.2, 0.25) is 0 Å². The summed E-state index contributed by atoms with van der Waals surface area (Å²) in [6, 6.07) is 17.4. The van der Waals surface area contributed by atoms with Crippen molar-refractivity contribution < 1.29 is 23.5 Å². The Hall–Kier alpha value is -5.58. The minimum absolute atomic E-state index is 0.254. The molecule has 1 aliphatic rings. The summed E-state index contributed by atoms with van der Waals surface area (Å²) in [4.78, 5) is 43.2. The molecular formula is C32H27FN6O4. The molecule has 216 valence electrons. The maximum absolute atomic E-state index is 13.2. The Morgan fingerprint density at radius 2 is 1.58 bits per heavy atom. The molecule has 1 aliphatic carbocycles. The van der Waals surface area contributed by atoms with E-state index >= 15 is 0 Å². The van der Waals surface area contributed by atoms with E-state index < -0.39 is 23.0 Å². The summed E-state index contributed by atoms with van der Waals surface area (Å²) in [7, 11) is 3.38. The molecule has 0 aliphatic heterocycles. The van der Waals surface area contributed by atoms with Crippen molar-refractivity contribution in [2.75, 3.05) is 17.7 Å². The quantitative estimate of drug-likeness (QED) is 0.215. The molecule has 0 radical (unpaired) electrons. The standard InChI is InChI=1S/C32H27FN6O4/c1-34-29(40)25-15-26-27(16-24(25)19-17-36-39(2)18-19)35-14-11-28(26)43-23-9-7-22(8-10-23)38-31(42)32(12-13-32)30(41)37-21-5-3-20(33)4-6-21/h3-11,14-18H,12-13H2,1-2H3,(H,34,40)(H,37,41)(H,38,42). The van der Waals surface area contributed by atoms with Crippen LogP contribution in [0.5, 0.6) is 11.5 Å². The maximum atomic E-state index is 13.2. The van der Waals surface area contributed by atoms with Gasteiger partial charge in [-0.2, -0.15) is 5.10 Å². The second-order valence-electron chi connectivity index (χ2n) is 10.3. The maximum Gasteiger partial charge on any atom is 0.251 e. The number of aryl methyl sites for hydroxylation is 1. The highest BCUT2D eigenvalue weighted by Crippen LogP contribution is 2.47. The molecule has 0 spiro atoms. The average molecular weight is 579 g/mol. The number of anilines is 2. The monoisotopic (exact) mass is 578 g/mol. The Morgan fingerprint density at radius 3 is 2.16 bits per heavy atom. The molecule has 1 saturated carbocycles. The number of halogens is 1. The van der Waals surface area contributed by atoms with Crippen LogP contribution in [0.4, 0.5) is 15.8 Å². The first-order valence-corrected chi connectivity index (χ1v) is 13.6. The van der Waals surface area contributed by atoms with Crippen molar-refractivity contribution in [3.8, 4) is 22.6 Å². The van der Waals surface area contributed by atoms with Gasteiger partial charge in [0.1, 0.15) is 22.7 Å². The highest BCUT2D eigenvalue weighted by molar-refractivity contribution is 6.17. The van der Waals surface area contributed by atoms with Crippen LogP contribution in [-0.2, 0) is 16.6 Å². The summed E-state index contributed by atoms with van der Waals surface area (Å²) >= 11 is 0. The van der Waals surface area contributed by atoms with Crippen LogP contribution in [0.3, 0.4) is 0 Å². The van der Waals surface area contributed by atoms with Gasteiger partial charge in [0.15, 0.2) is 0 Å². The zero-order chi connectivity index (χ0) is 30.1. The van der Waals surface area contributed by atoms with Gasteiger partial charge in [-0.3, -0.25) is 24.0 Å². The fourth-order valence-electron chi connectivity index (χ4n) is 4.83. The number of pyridine rings is 1. The minimum Gasteiger partial charge on any atom is -0.457 e. The van der Waals surface area contributed by atoms with Crippen LogP contribution in [0, 0.1) is 11.2 Å². The molecule has 6 rings (SSSR count). The number of rotatable bonds is 8. The van der Waals surface area contributed by atoms with Crippen molar-refractivity contribution in [1.29, 1.82) is 0 Å². The van der Waals surface area contributed by atoms with Gasteiger partial charge in [0.2, 0.25) is 11.8 Å². The van der Waals surface area contributed by atoms with Gasteiger partial charge in [-0.05, 0) is 85.1 Å². The topological polar surface area (TPSA) is 127 Å². The van der Waals surface area contributed by atoms with Crippen LogP contribution < -0.4 is 20.7 Å². The van der Waals surface area contributed by atoms with Crippen LogP contribution in [-0.4, -0.2) is 39.5 Å². The van der Waals surface area contributed by atoms with E-state index in [4.69, 9.17) is 4.74 Å². The highest BCUT2D eigenvalue weighted by Gasteiger charge is 2.56. The van der Waals surface area contributed by atoms with Crippen LogP contribution in [0.15, 0.2) is 85.3 Å². The van der Waals surface area contributed by atoms with Gasteiger partial charge in [0, 0.05) is 54.4 Å². The summed E-state index contributed by atoms with van der Waals surface area (Å²) < 4.78 is 21.0. The van der Waals surface area contributed by atoms with Crippen molar-refractivity contribution in [3.05, 3.63) is 96.7 Å². The average Bonchev–Trinajstić information content (AvgIpc) is 3.73. The predicted molar refractivity (Wildman–Crippen MR) is 159 cm³/mol. The molecule has 2 heterocycles. The van der Waals surface area contributed by atoms with Crippen molar-refractivity contribution in [3.63, 3.8) is 0 Å². The molecule has 10 nitrogen and oxygen atoms in total. The lowest BCUT2D eigenvalue weighted by Crippen LogP contribution is -2.35. The van der Waals surface area contributed by atoms with Gasteiger partial charge >= 0.3 is 0 Å². The number of ether oxygens (including phenoxy) is 1. The highest BCUT2D eigenvalue weighted by atomic mass is 19.1. The normalized spacial score (nSPS) is 13.3. The lowest BCUT2D eigenvalue weighted by molar-refractivity contribution is -0.131. The molecule has 11 heteroatoms. The first-order valence-electron chi connectivity index (χ1n) is 13.6. The first kappa shape index (κ1) is 27.6. The summed E-state index contributed by atoms with van der Waals surface area (Å²) in [5.74, 6) is -0.506. The van der Waals surface area contributed by atoms with E-state index in [1.165, 1.54) is 24.3 Å². The molecular weight excluding hydrogens is 551 g/mol. The summed E-state index contributed by atoms with van der Waals surface area (Å²) in [6.07, 6.45) is 5.99. The van der Waals surface area contributed by atoms with Crippen molar-refractivity contribution in [1.82, 2.24) is 20.1 Å². The van der Waals surface area contributed by atoms with E-state index in [2.05, 4.69) is 26.0 Å². The number of hydrogen-bond donors (Lipinski definition) is 3. The van der Waals surface area contributed by atoms with Gasteiger partial charge in [0.25, 0.3) is 5.91 Å². The third kappa shape index (κ3) is 5.52. The second kappa shape index (κ2) is 11.0. The van der Waals surface area contributed by atoms with Gasteiger partial charge in [-0.25, -0.2) is 4.39 Å². The number of amides is 3.